The van der Waals surface area contributed by atoms with Gasteiger partial charge in [-0.3, -0.25) is 0 Å². The topological polar surface area (TPSA) is 34.1 Å². The largest absolute Gasteiger partial charge is 0.481 e. The van der Waals surface area contributed by atoms with Crippen molar-refractivity contribution in [3.63, 3.8) is 0 Å². The van der Waals surface area contributed by atoms with Gasteiger partial charge in [0, 0.05) is 29.9 Å². The van der Waals surface area contributed by atoms with E-state index in [4.69, 9.17) is 4.74 Å². The number of hydrogen-bond donors (Lipinski definition) is 1. The summed E-state index contributed by atoms with van der Waals surface area (Å²) in [6, 6.07) is 12.9. The lowest BCUT2D eigenvalue weighted by Crippen LogP contribution is -2.22. The SMILES string of the molecule is COc1ccc(-c2ccccc2CNC(C)C)c(C)n1. The summed E-state index contributed by atoms with van der Waals surface area (Å²) >= 11 is 0. The Kier molecular flexibility index (Phi) is 4.74. The maximum absolute atomic E-state index is 5.17. The number of ether oxygens (including phenoxy) is 1. The van der Waals surface area contributed by atoms with E-state index >= 15 is 0 Å². The lowest BCUT2D eigenvalue weighted by molar-refractivity contribution is 0.397. The molecule has 2 rings (SSSR count). The first-order valence-corrected chi connectivity index (χ1v) is 6.95. The van der Waals surface area contributed by atoms with E-state index in [-0.39, 0.29) is 0 Å². The van der Waals surface area contributed by atoms with E-state index in [9.17, 15) is 0 Å². The zero-order chi connectivity index (χ0) is 14.5. The average molecular weight is 270 g/mol. The molecule has 106 valence electrons. The van der Waals surface area contributed by atoms with Crippen LogP contribution in [0.1, 0.15) is 25.1 Å². The molecule has 1 heterocycles. The molecule has 1 aromatic heterocycles. The molecule has 1 N–H and O–H groups in total. The third kappa shape index (κ3) is 3.36. The van der Waals surface area contributed by atoms with Crippen LogP contribution in [0, 0.1) is 6.92 Å². The Bertz CT molecular complexity index is 579. The predicted molar refractivity (Wildman–Crippen MR) is 82.9 cm³/mol. The second-order valence-corrected chi connectivity index (χ2v) is 5.18. The average Bonchev–Trinajstić information content (AvgIpc) is 2.45. The van der Waals surface area contributed by atoms with E-state index in [1.165, 1.54) is 11.1 Å². The molecule has 3 nitrogen and oxygen atoms in total. The van der Waals surface area contributed by atoms with Gasteiger partial charge in [0.15, 0.2) is 0 Å². The fourth-order valence-electron chi connectivity index (χ4n) is 2.19. The molecule has 0 saturated carbocycles. The lowest BCUT2D eigenvalue weighted by atomic mass is 9.98. The highest BCUT2D eigenvalue weighted by Crippen LogP contribution is 2.27. The Balaban J connectivity index is 2.37. The fraction of sp³-hybridized carbons (Fsp3) is 0.353. The van der Waals surface area contributed by atoms with Gasteiger partial charge in [-0.05, 0) is 24.1 Å². The Morgan fingerprint density at radius 3 is 2.50 bits per heavy atom. The number of methoxy groups -OCH3 is 1. The quantitative estimate of drug-likeness (QED) is 0.902. The van der Waals surface area contributed by atoms with Gasteiger partial charge in [0.1, 0.15) is 0 Å². The van der Waals surface area contributed by atoms with E-state index < -0.39 is 0 Å². The van der Waals surface area contributed by atoms with E-state index in [1.54, 1.807) is 7.11 Å². The van der Waals surface area contributed by atoms with E-state index in [0.29, 0.717) is 11.9 Å². The van der Waals surface area contributed by atoms with E-state index in [1.807, 2.05) is 13.0 Å². The first-order chi connectivity index (χ1) is 9.61. The minimum absolute atomic E-state index is 0.471. The molecular formula is C17H22N2O. The van der Waals surface area contributed by atoms with Gasteiger partial charge in [-0.25, -0.2) is 4.98 Å². The van der Waals surface area contributed by atoms with Crippen molar-refractivity contribution in [1.82, 2.24) is 10.3 Å². The number of pyridine rings is 1. The highest BCUT2D eigenvalue weighted by atomic mass is 16.5. The number of aromatic nitrogens is 1. The standard InChI is InChI=1S/C17H22N2O/c1-12(2)18-11-14-7-5-6-8-16(14)15-9-10-17(20-4)19-13(15)3/h5-10,12,18H,11H2,1-4H3. The highest BCUT2D eigenvalue weighted by molar-refractivity contribution is 5.69. The molecule has 1 aromatic carbocycles. The van der Waals surface area contributed by atoms with Crippen molar-refractivity contribution in [2.45, 2.75) is 33.4 Å². The van der Waals surface area contributed by atoms with Crippen LogP contribution < -0.4 is 10.1 Å². The number of benzene rings is 1. The van der Waals surface area contributed by atoms with E-state index in [2.05, 4.69) is 54.5 Å². The Hall–Kier alpha value is -1.87. The van der Waals surface area contributed by atoms with Crippen molar-refractivity contribution in [1.29, 1.82) is 0 Å². The summed E-state index contributed by atoms with van der Waals surface area (Å²) in [5.41, 5.74) is 4.66. The summed E-state index contributed by atoms with van der Waals surface area (Å²) in [5, 5.41) is 3.47. The maximum atomic E-state index is 5.17. The molecule has 2 aromatic rings. The van der Waals surface area contributed by atoms with Crippen LogP contribution in [0.2, 0.25) is 0 Å². The third-order valence-electron chi connectivity index (χ3n) is 3.28. The van der Waals surface area contributed by atoms with Gasteiger partial charge in [0.25, 0.3) is 0 Å². The molecule has 20 heavy (non-hydrogen) atoms. The van der Waals surface area contributed by atoms with Crippen LogP contribution in [-0.4, -0.2) is 18.1 Å². The molecule has 0 bridgehead atoms. The van der Waals surface area contributed by atoms with Crippen LogP contribution in [0.15, 0.2) is 36.4 Å². The maximum Gasteiger partial charge on any atom is 0.213 e. The Morgan fingerprint density at radius 2 is 1.85 bits per heavy atom. The highest BCUT2D eigenvalue weighted by Gasteiger charge is 2.09. The number of nitrogens with one attached hydrogen (secondary N) is 1. The van der Waals surface area contributed by atoms with Gasteiger partial charge >= 0.3 is 0 Å². The van der Waals surface area contributed by atoms with Crippen molar-refractivity contribution >= 4 is 0 Å². The van der Waals surface area contributed by atoms with Crippen molar-refractivity contribution in [2.75, 3.05) is 7.11 Å². The molecule has 0 fully saturated rings. The summed E-state index contributed by atoms with van der Waals surface area (Å²) in [6.07, 6.45) is 0. The number of aryl methyl sites for hydroxylation is 1. The van der Waals surface area contributed by atoms with Gasteiger partial charge in [-0.15, -0.1) is 0 Å². The first-order valence-electron chi connectivity index (χ1n) is 6.95. The summed E-state index contributed by atoms with van der Waals surface area (Å²) in [6.45, 7) is 7.19. The number of rotatable bonds is 5. The summed E-state index contributed by atoms with van der Waals surface area (Å²) in [4.78, 5) is 4.46. The number of nitrogens with zero attached hydrogens (tertiary/aromatic N) is 1. The normalized spacial score (nSPS) is 10.8. The van der Waals surface area contributed by atoms with Crippen LogP contribution >= 0.6 is 0 Å². The monoisotopic (exact) mass is 270 g/mol. The third-order valence-corrected chi connectivity index (χ3v) is 3.28. The number of hydrogen-bond acceptors (Lipinski definition) is 3. The molecule has 0 radical (unpaired) electrons. The molecule has 0 spiro atoms. The summed E-state index contributed by atoms with van der Waals surface area (Å²) in [5.74, 6) is 0.657. The molecule has 0 saturated heterocycles. The predicted octanol–water partition coefficient (Wildman–Crippen LogP) is 3.56. The Morgan fingerprint density at radius 1 is 1.10 bits per heavy atom. The first kappa shape index (κ1) is 14.5. The van der Waals surface area contributed by atoms with Crippen molar-refractivity contribution in [3.8, 4) is 17.0 Å². The minimum Gasteiger partial charge on any atom is -0.481 e. The second kappa shape index (κ2) is 6.53. The van der Waals surface area contributed by atoms with Gasteiger partial charge in [-0.2, -0.15) is 0 Å². The minimum atomic E-state index is 0.471. The molecule has 0 aliphatic heterocycles. The zero-order valence-corrected chi connectivity index (χ0v) is 12.6. The van der Waals surface area contributed by atoms with Crippen molar-refractivity contribution in [2.24, 2.45) is 0 Å². The van der Waals surface area contributed by atoms with Gasteiger partial charge < -0.3 is 10.1 Å². The van der Waals surface area contributed by atoms with Crippen LogP contribution in [0.25, 0.3) is 11.1 Å². The van der Waals surface area contributed by atoms with Crippen LogP contribution in [0.5, 0.6) is 5.88 Å². The molecule has 0 aliphatic rings. The smallest absolute Gasteiger partial charge is 0.213 e. The van der Waals surface area contributed by atoms with Gasteiger partial charge in [0.2, 0.25) is 5.88 Å². The van der Waals surface area contributed by atoms with E-state index in [0.717, 1.165) is 17.8 Å². The van der Waals surface area contributed by atoms with Crippen molar-refractivity contribution in [3.05, 3.63) is 47.7 Å². The summed E-state index contributed by atoms with van der Waals surface area (Å²) in [7, 11) is 1.64. The molecular weight excluding hydrogens is 248 g/mol. The van der Waals surface area contributed by atoms with Crippen LogP contribution in [0.3, 0.4) is 0 Å². The van der Waals surface area contributed by atoms with Gasteiger partial charge in [-0.1, -0.05) is 38.1 Å². The Labute approximate surface area is 121 Å². The fourth-order valence-corrected chi connectivity index (χ4v) is 2.19. The van der Waals surface area contributed by atoms with Crippen LogP contribution in [0.4, 0.5) is 0 Å². The second-order valence-electron chi connectivity index (χ2n) is 5.18. The summed E-state index contributed by atoms with van der Waals surface area (Å²) < 4.78 is 5.17. The van der Waals surface area contributed by atoms with Crippen molar-refractivity contribution < 1.29 is 4.74 Å². The molecule has 3 heteroatoms. The molecule has 0 unspecified atom stereocenters. The molecule has 0 aliphatic carbocycles. The van der Waals surface area contributed by atoms with Crippen LogP contribution in [-0.2, 0) is 6.54 Å². The molecule has 0 atom stereocenters. The molecule has 0 amide bonds. The van der Waals surface area contributed by atoms with Gasteiger partial charge in [0.05, 0.1) is 7.11 Å². The lowest BCUT2D eigenvalue weighted by Gasteiger charge is -2.14. The zero-order valence-electron chi connectivity index (χ0n) is 12.6.